The van der Waals surface area contributed by atoms with Crippen LogP contribution in [0, 0.1) is 29.6 Å². The van der Waals surface area contributed by atoms with E-state index >= 15 is 0 Å². The molecule has 2 saturated carbocycles. The van der Waals surface area contributed by atoms with Crippen molar-refractivity contribution in [2.45, 2.75) is 81.5 Å². The molecular formula is C53H54N6O7. The first kappa shape index (κ1) is 43.1. The number of nitrogens with one attached hydrogen (secondary N) is 3. The van der Waals surface area contributed by atoms with Crippen molar-refractivity contribution in [2.75, 3.05) is 19.6 Å². The lowest BCUT2D eigenvalue weighted by molar-refractivity contribution is -0.129. The molecule has 5 fully saturated rings. The molecular weight excluding hydrogens is 833 g/mol. The zero-order chi connectivity index (χ0) is 45.5. The lowest BCUT2D eigenvalue weighted by Crippen LogP contribution is -2.52. The van der Waals surface area contributed by atoms with Crippen LogP contribution >= 0.6 is 0 Å². The minimum atomic E-state index is -0.810. The maximum Gasteiger partial charge on any atom is 0.273 e. The second-order valence-electron chi connectivity index (χ2n) is 19.2. The Bertz CT molecular complexity index is 2730. The van der Waals surface area contributed by atoms with Crippen molar-refractivity contribution in [1.82, 2.24) is 30.7 Å². The average Bonchev–Trinajstić information content (AvgIpc) is 4.19. The highest BCUT2D eigenvalue weighted by atomic mass is 16.2. The van der Waals surface area contributed by atoms with Gasteiger partial charge >= 0.3 is 0 Å². The lowest BCUT2D eigenvalue weighted by atomic mass is 9.91. The van der Waals surface area contributed by atoms with E-state index in [0.29, 0.717) is 56.3 Å². The summed E-state index contributed by atoms with van der Waals surface area (Å²) < 4.78 is 0. The van der Waals surface area contributed by atoms with Crippen molar-refractivity contribution < 1.29 is 33.6 Å². The Hall–Kier alpha value is -6.76. The number of likely N-dealkylation sites (tertiary alicyclic amines) is 2. The van der Waals surface area contributed by atoms with Crippen LogP contribution in [0.2, 0.25) is 0 Å². The summed E-state index contributed by atoms with van der Waals surface area (Å²) in [7, 11) is 0. The third-order valence-electron chi connectivity index (χ3n) is 15.3. The summed E-state index contributed by atoms with van der Waals surface area (Å²) >= 11 is 0. The number of pyridine rings is 1. The molecule has 2 unspecified atom stereocenters. The third kappa shape index (κ3) is 8.35. The predicted octanol–water partition coefficient (Wildman–Crippen LogP) is 5.40. The first-order valence-electron chi connectivity index (χ1n) is 23.5. The predicted molar refractivity (Wildman–Crippen MR) is 247 cm³/mol. The minimum Gasteiger partial charge on any atom is -0.356 e. The molecule has 0 spiro atoms. The smallest absolute Gasteiger partial charge is 0.273 e. The van der Waals surface area contributed by atoms with Crippen LogP contribution < -0.4 is 16.0 Å². The first-order valence-corrected chi connectivity index (χ1v) is 23.5. The van der Waals surface area contributed by atoms with E-state index in [2.05, 4.69) is 33.1 Å². The Morgan fingerprint density at radius 1 is 0.697 bits per heavy atom. The lowest BCUT2D eigenvalue weighted by Gasteiger charge is -2.29. The van der Waals surface area contributed by atoms with Crippen LogP contribution in [0.5, 0.6) is 0 Å². The summed E-state index contributed by atoms with van der Waals surface area (Å²) in [5.41, 5.74) is 3.49. The van der Waals surface area contributed by atoms with E-state index in [1.54, 1.807) is 15.9 Å². The molecule has 66 heavy (non-hydrogen) atoms. The summed E-state index contributed by atoms with van der Waals surface area (Å²) in [5.74, 6) is -1.41. The van der Waals surface area contributed by atoms with Crippen LogP contribution in [0.15, 0.2) is 103 Å². The fourth-order valence-corrected chi connectivity index (χ4v) is 12.0. The maximum absolute atomic E-state index is 14.4. The number of hydrogen-bond acceptors (Lipinski definition) is 8. The van der Waals surface area contributed by atoms with E-state index in [4.69, 9.17) is 0 Å². The Kier molecular flexibility index (Phi) is 11.9. The van der Waals surface area contributed by atoms with E-state index in [0.717, 1.165) is 59.3 Å². The number of rotatable bonds is 13. The van der Waals surface area contributed by atoms with E-state index in [9.17, 15) is 33.6 Å². The van der Waals surface area contributed by atoms with Gasteiger partial charge in [-0.3, -0.25) is 24.0 Å². The topological polar surface area (TPSA) is 175 Å². The van der Waals surface area contributed by atoms with E-state index in [1.165, 1.54) is 0 Å². The van der Waals surface area contributed by atoms with Crippen molar-refractivity contribution in [3.05, 3.63) is 126 Å². The van der Waals surface area contributed by atoms with Crippen LogP contribution in [0.4, 0.5) is 0 Å². The Morgan fingerprint density at radius 2 is 1.39 bits per heavy atom. The molecule has 4 aromatic carbocycles. The molecule has 5 aromatic rings. The molecule has 5 aliphatic rings. The molecule has 0 radical (unpaired) electrons. The van der Waals surface area contributed by atoms with Crippen molar-refractivity contribution in [3.8, 4) is 0 Å². The highest BCUT2D eigenvalue weighted by molar-refractivity contribution is 6.02. The van der Waals surface area contributed by atoms with Gasteiger partial charge in [-0.15, -0.1) is 0 Å². The van der Waals surface area contributed by atoms with Crippen LogP contribution in [-0.4, -0.2) is 101 Å². The monoisotopic (exact) mass is 886 g/mol. The first-order chi connectivity index (χ1) is 32.1. The molecule has 1 aromatic heterocycles. The summed E-state index contributed by atoms with van der Waals surface area (Å²) in [6.07, 6.45) is 6.85. The molecule has 3 N–H and O–H groups in total. The van der Waals surface area contributed by atoms with Gasteiger partial charge in [0.1, 0.15) is 30.3 Å². The summed E-state index contributed by atoms with van der Waals surface area (Å²) in [6, 6.07) is 29.6. The van der Waals surface area contributed by atoms with Gasteiger partial charge in [-0.2, -0.15) is 0 Å². The Balaban J connectivity index is 0.859. The molecule has 4 heterocycles. The van der Waals surface area contributed by atoms with Gasteiger partial charge in [-0.25, -0.2) is 4.98 Å². The number of carbonyl (C=O) groups is 7. The molecule has 13 heteroatoms. The van der Waals surface area contributed by atoms with Crippen LogP contribution in [0.3, 0.4) is 0 Å². The number of fused-ring (bicyclic) bond motifs is 4. The average molecular weight is 887 g/mol. The molecule has 338 valence electrons. The number of para-hydroxylation sites is 1. The molecule has 10 atom stereocenters. The number of benzene rings is 4. The van der Waals surface area contributed by atoms with Gasteiger partial charge in [-0.1, -0.05) is 85.3 Å². The molecule has 2 aliphatic carbocycles. The fraction of sp³-hybridized carbons (Fsp3) is 0.396. The van der Waals surface area contributed by atoms with Gasteiger partial charge in [0.2, 0.25) is 17.7 Å². The highest BCUT2D eigenvalue weighted by Gasteiger charge is 2.53. The molecule has 3 aliphatic heterocycles. The zero-order valence-electron chi connectivity index (χ0n) is 36.7. The quantitative estimate of drug-likeness (QED) is 0.132. The van der Waals surface area contributed by atoms with Crippen LogP contribution in [-0.2, 0) is 30.4 Å². The van der Waals surface area contributed by atoms with E-state index in [1.807, 2.05) is 84.9 Å². The summed E-state index contributed by atoms with van der Waals surface area (Å²) in [6.45, 7) is 1.42. The zero-order valence-corrected chi connectivity index (χ0v) is 36.7. The molecule has 10 rings (SSSR count). The third-order valence-corrected chi connectivity index (χ3v) is 15.3. The molecule has 13 nitrogen and oxygen atoms in total. The largest absolute Gasteiger partial charge is 0.356 e. The Morgan fingerprint density at radius 3 is 2.18 bits per heavy atom. The van der Waals surface area contributed by atoms with E-state index in [-0.39, 0.29) is 77.2 Å². The SMILES string of the molecule is O=C[C@@H](C[C@@H]1CCNC1=O)NC(=O)[C@@H]1C2CCC[C@H]2CN1C(=O)c1ccc2cc(C3C[C@H]4CN(C(=O)c5ccc6ccccc6n5)[C@H](C(=O)N[C@@H](C=O)Cc5ccccc5)[C@H]4C3)ccc2c1. The normalized spacial score (nSPS) is 26.4. The molecule has 0 bridgehead atoms. The van der Waals surface area contributed by atoms with Gasteiger partial charge in [0.05, 0.1) is 17.6 Å². The number of hydrogen-bond donors (Lipinski definition) is 3. The van der Waals surface area contributed by atoms with Gasteiger partial charge in [0.25, 0.3) is 11.8 Å². The molecule has 5 amide bonds. The minimum absolute atomic E-state index is 0.0110. The van der Waals surface area contributed by atoms with Crippen molar-refractivity contribution in [2.24, 2.45) is 29.6 Å². The Labute approximate surface area is 383 Å². The number of nitrogens with zero attached hydrogens (tertiary/aromatic N) is 3. The van der Waals surface area contributed by atoms with Gasteiger partial charge in [-0.05, 0) is 121 Å². The van der Waals surface area contributed by atoms with Gasteiger partial charge in [0.15, 0.2) is 0 Å². The van der Waals surface area contributed by atoms with Crippen molar-refractivity contribution in [1.29, 1.82) is 0 Å². The van der Waals surface area contributed by atoms with E-state index < -0.39 is 24.2 Å². The standard InChI is InChI=1S/C53H54N6O7/c60-29-41(21-31-7-2-1-3-8-31)55-51(64)48-44-26-39(24-40(44)28-59(48)53(66)46-18-17-32-9-4-5-12-45(32)57-46)35-14-13-34-23-37(16-15-33(34)22-35)52(65)58-27-38-10-6-11-43(38)47(58)50(63)56-42(30-61)25-36-19-20-54-49(36)62/h1-5,7-9,12-18,22-23,29-30,36,38-44,47-48H,6,10-11,19-21,24-28H2,(H,54,62)(H,55,64)(H,56,63)/t36-,38-,39?,40-,41+,42+,43?,44-,47-,48-/m0/s1. The number of amides is 5. The summed E-state index contributed by atoms with van der Waals surface area (Å²) in [4.78, 5) is 102. The van der Waals surface area contributed by atoms with Gasteiger partial charge < -0.3 is 35.3 Å². The number of aromatic nitrogens is 1. The van der Waals surface area contributed by atoms with Gasteiger partial charge in [0, 0.05) is 36.5 Å². The maximum atomic E-state index is 14.4. The highest BCUT2D eigenvalue weighted by Crippen LogP contribution is 2.50. The van der Waals surface area contributed by atoms with Crippen molar-refractivity contribution in [3.63, 3.8) is 0 Å². The second kappa shape index (κ2) is 18.3. The fourth-order valence-electron chi connectivity index (χ4n) is 12.0. The molecule has 3 saturated heterocycles. The second-order valence-corrected chi connectivity index (χ2v) is 19.2. The van der Waals surface area contributed by atoms with Crippen LogP contribution in [0.1, 0.15) is 82.8 Å². The number of aldehydes is 2. The number of carbonyl (C=O) groups excluding carboxylic acids is 7. The van der Waals surface area contributed by atoms with Crippen molar-refractivity contribution >= 4 is 63.8 Å². The summed E-state index contributed by atoms with van der Waals surface area (Å²) in [5, 5.41) is 11.4. The van der Waals surface area contributed by atoms with Crippen LogP contribution in [0.25, 0.3) is 21.7 Å².